The van der Waals surface area contributed by atoms with Crippen LogP contribution >= 0.6 is 11.5 Å². The lowest BCUT2D eigenvalue weighted by atomic mass is 10.1. The van der Waals surface area contributed by atoms with E-state index >= 15 is 0 Å². The first-order valence-electron chi connectivity index (χ1n) is 3.81. The zero-order valence-corrected chi connectivity index (χ0v) is 7.54. The van der Waals surface area contributed by atoms with Gasteiger partial charge >= 0.3 is 5.97 Å². The number of fused-ring (bicyclic) bond motifs is 1. The lowest BCUT2D eigenvalue weighted by molar-refractivity contribution is -0.136. The number of hydrogen-bond acceptors (Lipinski definition) is 3. The van der Waals surface area contributed by atoms with Crippen LogP contribution in [0.1, 0.15) is 5.56 Å². The Morgan fingerprint density at radius 2 is 2.38 bits per heavy atom. The fourth-order valence-electron chi connectivity index (χ4n) is 1.27. The van der Waals surface area contributed by atoms with Crippen molar-refractivity contribution in [3.63, 3.8) is 0 Å². The molecule has 1 N–H and O–H groups in total. The number of nitrogens with zero attached hydrogens (tertiary/aromatic N) is 1. The van der Waals surface area contributed by atoms with Gasteiger partial charge in [-0.15, -0.1) is 0 Å². The van der Waals surface area contributed by atoms with Crippen molar-refractivity contribution in [2.24, 2.45) is 0 Å². The molecule has 1 aromatic carbocycles. The summed E-state index contributed by atoms with van der Waals surface area (Å²) in [5.74, 6) is -0.807. The predicted molar refractivity (Wildman–Crippen MR) is 51.0 cm³/mol. The smallest absolute Gasteiger partial charge is 0.307 e. The Morgan fingerprint density at radius 1 is 1.54 bits per heavy atom. The van der Waals surface area contributed by atoms with E-state index in [4.69, 9.17) is 5.11 Å². The van der Waals surface area contributed by atoms with Gasteiger partial charge in [0, 0.05) is 10.8 Å². The van der Waals surface area contributed by atoms with Crippen molar-refractivity contribution in [3.05, 3.63) is 29.1 Å². The minimum atomic E-state index is -0.807. The van der Waals surface area contributed by atoms with Gasteiger partial charge in [0.2, 0.25) is 0 Å². The fourth-order valence-corrected chi connectivity index (χ4v) is 1.97. The van der Waals surface area contributed by atoms with Crippen molar-refractivity contribution in [1.29, 1.82) is 0 Å². The van der Waals surface area contributed by atoms with E-state index in [1.807, 2.05) is 23.6 Å². The minimum Gasteiger partial charge on any atom is -0.481 e. The number of carbonyl (C=O) groups is 1. The molecular formula is C9H7NO2S. The van der Waals surface area contributed by atoms with E-state index < -0.39 is 5.97 Å². The fraction of sp³-hybridized carbons (Fsp3) is 0.111. The molecule has 13 heavy (non-hydrogen) atoms. The summed E-state index contributed by atoms with van der Waals surface area (Å²) >= 11 is 1.35. The van der Waals surface area contributed by atoms with Crippen LogP contribution in [0.2, 0.25) is 0 Å². The van der Waals surface area contributed by atoms with Gasteiger partial charge in [0.1, 0.15) is 0 Å². The second kappa shape index (κ2) is 3.14. The average molecular weight is 193 g/mol. The van der Waals surface area contributed by atoms with E-state index in [2.05, 4.69) is 4.37 Å². The van der Waals surface area contributed by atoms with Gasteiger partial charge in [-0.25, -0.2) is 0 Å². The van der Waals surface area contributed by atoms with Crippen LogP contribution in [-0.2, 0) is 11.2 Å². The maximum Gasteiger partial charge on any atom is 0.307 e. The van der Waals surface area contributed by atoms with Crippen LogP contribution in [0.3, 0.4) is 0 Å². The van der Waals surface area contributed by atoms with Crippen molar-refractivity contribution in [3.8, 4) is 0 Å². The molecular weight excluding hydrogens is 186 g/mol. The molecule has 0 fully saturated rings. The van der Waals surface area contributed by atoms with Crippen LogP contribution in [0, 0.1) is 0 Å². The highest BCUT2D eigenvalue weighted by Crippen LogP contribution is 2.19. The SMILES string of the molecule is O=C(O)Cc1cccc2nscc12. The van der Waals surface area contributed by atoms with Crippen molar-refractivity contribution in [2.75, 3.05) is 0 Å². The Morgan fingerprint density at radius 3 is 3.15 bits per heavy atom. The van der Waals surface area contributed by atoms with E-state index in [9.17, 15) is 4.79 Å². The van der Waals surface area contributed by atoms with Crippen molar-refractivity contribution in [1.82, 2.24) is 4.37 Å². The molecule has 0 aliphatic carbocycles. The molecule has 0 saturated heterocycles. The van der Waals surface area contributed by atoms with Gasteiger partial charge in [0.25, 0.3) is 0 Å². The molecule has 1 aromatic heterocycles. The molecule has 0 atom stereocenters. The van der Waals surface area contributed by atoms with E-state index in [0.717, 1.165) is 16.5 Å². The maximum atomic E-state index is 10.5. The van der Waals surface area contributed by atoms with Gasteiger partial charge in [-0.05, 0) is 23.2 Å². The molecule has 2 aromatic rings. The highest BCUT2D eigenvalue weighted by Gasteiger charge is 2.05. The van der Waals surface area contributed by atoms with Gasteiger partial charge in [0.15, 0.2) is 0 Å². The van der Waals surface area contributed by atoms with E-state index in [1.165, 1.54) is 11.5 Å². The zero-order valence-electron chi connectivity index (χ0n) is 6.73. The number of rotatable bonds is 2. The summed E-state index contributed by atoms with van der Waals surface area (Å²) < 4.78 is 4.14. The molecule has 66 valence electrons. The summed E-state index contributed by atoms with van der Waals surface area (Å²) in [6, 6.07) is 5.54. The van der Waals surface area contributed by atoms with Crippen LogP contribution in [0.15, 0.2) is 23.6 Å². The largest absolute Gasteiger partial charge is 0.481 e. The lowest BCUT2D eigenvalue weighted by Gasteiger charge is -1.97. The number of carboxylic acid groups (broad SMARTS) is 1. The summed E-state index contributed by atoms with van der Waals surface area (Å²) in [5, 5.41) is 11.5. The number of aliphatic carboxylic acids is 1. The lowest BCUT2D eigenvalue weighted by Crippen LogP contribution is -1.99. The molecule has 4 heteroatoms. The average Bonchev–Trinajstić information content (AvgIpc) is 2.51. The zero-order chi connectivity index (χ0) is 9.26. The molecule has 3 nitrogen and oxygen atoms in total. The van der Waals surface area contributed by atoms with Crippen LogP contribution in [0.4, 0.5) is 0 Å². The maximum absolute atomic E-state index is 10.5. The molecule has 0 aliphatic heterocycles. The Hall–Kier alpha value is -1.42. The third-order valence-electron chi connectivity index (χ3n) is 1.84. The Bertz CT molecular complexity index is 450. The first-order chi connectivity index (χ1) is 6.27. The highest BCUT2D eigenvalue weighted by molar-refractivity contribution is 7.04. The monoisotopic (exact) mass is 193 g/mol. The van der Waals surface area contributed by atoms with Gasteiger partial charge in [-0.2, -0.15) is 4.37 Å². The van der Waals surface area contributed by atoms with Gasteiger partial charge in [0.05, 0.1) is 11.9 Å². The standard InChI is InChI=1S/C9H7NO2S/c11-9(12)4-6-2-1-3-8-7(6)5-13-10-8/h1-3,5H,4H2,(H,11,12). The number of carboxylic acids is 1. The van der Waals surface area contributed by atoms with Crippen molar-refractivity contribution in [2.45, 2.75) is 6.42 Å². The molecule has 0 unspecified atom stereocenters. The first kappa shape index (κ1) is 8.19. The Labute approximate surface area is 78.8 Å². The van der Waals surface area contributed by atoms with Gasteiger partial charge in [-0.3, -0.25) is 4.79 Å². The molecule has 0 spiro atoms. The predicted octanol–water partition coefficient (Wildman–Crippen LogP) is 1.92. The molecule has 0 radical (unpaired) electrons. The summed E-state index contributed by atoms with van der Waals surface area (Å²) in [4.78, 5) is 10.5. The molecule has 0 bridgehead atoms. The summed E-state index contributed by atoms with van der Waals surface area (Å²) in [6.45, 7) is 0. The normalized spacial score (nSPS) is 10.5. The summed E-state index contributed by atoms with van der Waals surface area (Å²) in [7, 11) is 0. The number of hydrogen-bond donors (Lipinski definition) is 1. The second-order valence-corrected chi connectivity index (χ2v) is 3.36. The van der Waals surface area contributed by atoms with Gasteiger partial charge < -0.3 is 5.11 Å². The summed E-state index contributed by atoms with van der Waals surface area (Å²) in [5.41, 5.74) is 1.71. The van der Waals surface area contributed by atoms with Gasteiger partial charge in [-0.1, -0.05) is 12.1 Å². The van der Waals surface area contributed by atoms with Crippen LogP contribution in [0.5, 0.6) is 0 Å². The van der Waals surface area contributed by atoms with Crippen LogP contribution in [-0.4, -0.2) is 15.4 Å². The van der Waals surface area contributed by atoms with Crippen LogP contribution < -0.4 is 0 Å². The molecule has 0 saturated carbocycles. The second-order valence-electron chi connectivity index (χ2n) is 2.74. The quantitative estimate of drug-likeness (QED) is 0.792. The summed E-state index contributed by atoms with van der Waals surface area (Å²) in [6.07, 6.45) is 0.0652. The topological polar surface area (TPSA) is 50.2 Å². The molecule has 0 amide bonds. The number of aromatic nitrogens is 1. The molecule has 0 aliphatic rings. The minimum absolute atomic E-state index is 0.0652. The van der Waals surface area contributed by atoms with Crippen LogP contribution in [0.25, 0.3) is 10.9 Å². The van der Waals surface area contributed by atoms with E-state index in [1.54, 1.807) is 0 Å². The van der Waals surface area contributed by atoms with E-state index in [0.29, 0.717) is 0 Å². The highest BCUT2D eigenvalue weighted by atomic mass is 32.1. The molecule has 1 heterocycles. The van der Waals surface area contributed by atoms with E-state index in [-0.39, 0.29) is 6.42 Å². The third kappa shape index (κ3) is 1.53. The Kier molecular flexibility index (Phi) is 1.98. The third-order valence-corrected chi connectivity index (χ3v) is 2.48. The number of benzene rings is 1. The Balaban J connectivity index is 2.54. The first-order valence-corrected chi connectivity index (χ1v) is 4.65. The molecule has 2 rings (SSSR count). The van der Waals surface area contributed by atoms with Crippen molar-refractivity contribution < 1.29 is 9.90 Å². The van der Waals surface area contributed by atoms with Crippen molar-refractivity contribution >= 4 is 28.4 Å².